The predicted octanol–water partition coefficient (Wildman–Crippen LogP) is 3.19. The average Bonchev–Trinajstić information content (AvgIpc) is 3.33. The van der Waals surface area contributed by atoms with Gasteiger partial charge in [0.15, 0.2) is 11.6 Å². The molecule has 1 saturated heterocycles. The molecule has 2 aliphatic rings. The van der Waals surface area contributed by atoms with Gasteiger partial charge in [0, 0.05) is 36.4 Å². The van der Waals surface area contributed by atoms with E-state index in [2.05, 4.69) is 24.1 Å². The average molecular weight is 292 g/mol. The molecule has 0 aromatic heterocycles. The zero-order valence-electron chi connectivity index (χ0n) is 13.2. The van der Waals surface area contributed by atoms with Gasteiger partial charge in [0.05, 0.1) is 7.11 Å². The maximum absolute atomic E-state index is 13.7. The summed E-state index contributed by atoms with van der Waals surface area (Å²) >= 11 is 0. The van der Waals surface area contributed by atoms with E-state index in [9.17, 15) is 4.39 Å². The molecule has 1 aromatic rings. The van der Waals surface area contributed by atoms with E-state index in [1.165, 1.54) is 26.0 Å². The van der Waals surface area contributed by atoms with Crippen molar-refractivity contribution in [3.63, 3.8) is 0 Å². The van der Waals surface area contributed by atoms with Crippen LogP contribution in [0.2, 0.25) is 0 Å². The maximum Gasteiger partial charge on any atom is 0.165 e. The van der Waals surface area contributed by atoms with Gasteiger partial charge in [-0.1, -0.05) is 6.92 Å². The Morgan fingerprint density at radius 2 is 2.19 bits per heavy atom. The highest BCUT2D eigenvalue weighted by atomic mass is 19.1. The summed E-state index contributed by atoms with van der Waals surface area (Å²) < 4.78 is 18.8. The van der Waals surface area contributed by atoms with Crippen molar-refractivity contribution in [3.8, 4) is 5.75 Å². The van der Waals surface area contributed by atoms with Gasteiger partial charge in [0.1, 0.15) is 0 Å². The minimum atomic E-state index is -0.297. The van der Waals surface area contributed by atoms with E-state index in [0.717, 1.165) is 31.1 Å². The van der Waals surface area contributed by atoms with E-state index in [1.54, 1.807) is 0 Å². The highest BCUT2D eigenvalue weighted by Crippen LogP contribution is 2.42. The Morgan fingerprint density at radius 1 is 1.43 bits per heavy atom. The molecule has 0 amide bonds. The fourth-order valence-electron chi connectivity index (χ4n) is 3.49. The van der Waals surface area contributed by atoms with Crippen molar-refractivity contribution in [2.75, 3.05) is 25.1 Å². The molecule has 3 rings (SSSR count). The third-order valence-electron chi connectivity index (χ3n) is 5.10. The molecular formula is C17H25FN2O. The van der Waals surface area contributed by atoms with Crippen molar-refractivity contribution in [2.24, 2.45) is 5.92 Å². The Kier molecular flexibility index (Phi) is 3.82. The van der Waals surface area contributed by atoms with Crippen LogP contribution in [0.4, 0.5) is 10.1 Å². The third-order valence-corrected chi connectivity index (χ3v) is 5.10. The van der Waals surface area contributed by atoms with Crippen LogP contribution in [0.5, 0.6) is 5.75 Å². The SMILES string of the molecule is CCC1CNC(C)(C2CC2)CN1c1ccc(F)c(OC)c1. The molecule has 1 heterocycles. The molecule has 0 radical (unpaired) electrons. The molecule has 0 spiro atoms. The molecule has 21 heavy (non-hydrogen) atoms. The van der Waals surface area contributed by atoms with Crippen molar-refractivity contribution in [1.29, 1.82) is 0 Å². The van der Waals surface area contributed by atoms with Gasteiger partial charge >= 0.3 is 0 Å². The lowest BCUT2D eigenvalue weighted by Gasteiger charge is -2.47. The van der Waals surface area contributed by atoms with Crippen LogP contribution >= 0.6 is 0 Å². The van der Waals surface area contributed by atoms with Crippen LogP contribution in [-0.2, 0) is 0 Å². The molecule has 1 aromatic carbocycles. The number of piperazine rings is 1. The molecular weight excluding hydrogens is 267 g/mol. The summed E-state index contributed by atoms with van der Waals surface area (Å²) in [5, 5.41) is 3.75. The van der Waals surface area contributed by atoms with Gasteiger partial charge < -0.3 is 15.0 Å². The van der Waals surface area contributed by atoms with Crippen molar-refractivity contribution in [3.05, 3.63) is 24.0 Å². The molecule has 1 aliphatic heterocycles. The van der Waals surface area contributed by atoms with Crippen molar-refractivity contribution < 1.29 is 9.13 Å². The highest BCUT2D eigenvalue weighted by Gasteiger charge is 2.45. The zero-order chi connectivity index (χ0) is 15.0. The van der Waals surface area contributed by atoms with Gasteiger partial charge in [0.25, 0.3) is 0 Å². The van der Waals surface area contributed by atoms with Crippen molar-refractivity contribution >= 4 is 5.69 Å². The molecule has 2 atom stereocenters. The molecule has 3 nitrogen and oxygen atoms in total. The molecule has 1 N–H and O–H groups in total. The summed E-state index contributed by atoms with van der Waals surface area (Å²) in [6.07, 6.45) is 3.72. The van der Waals surface area contributed by atoms with Crippen molar-refractivity contribution in [1.82, 2.24) is 5.32 Å². The number of nitrogens with one attached hydrogen (secondary N) is 1. The van der Waals surface area contributed by atoms with Crippen LogP contribution in [-0.4, -0.2) is 31.8 Å². The number of nitrogens with zero attached hydrogens (tertiary/aromatic N) is 1. The first-order valence-corrected chi connectivity index (χ1v) is 7.92. The number of ether oxygens (including phenoxy) is 1. The number of anilines is 1. The van der Waals surface area contributed by atoms with Gasteiger partial charge in [-0.15, -0.1) is 0 Å². The molecule has 116 valence electrons. The third kappa shape index (κ3) is 2.73. The van der Waals surface area contributed by atoms with E-state index in [4.69, 9.17) is 4.74 Å². The maximum atomic E-state index is 13.7. The topological polar surface area (TPSA) is 24.5 Å². The van der Waals surface area contributed by atoms with Crippen LogP contribution in [0.3, 0.4) is 0 Å². The smallest absolute Gasteiger partial charge is 0.165 e. The molecule has 4 heteroatoms. The van der Waals surface area contributed by atoms with Gasteiger partial charge in [-0.3, -0.25) is 0 Å². The number of hydrogen-bond acceptors (Lipinski definition) is 3. The quantitative estimate of drug-likeness (QED) is 0.922. The minimum absolute atomic E-state index is 0.174. The Balaban J connectivity index is 1.89. The second-order valence-electron chi connectivity index (χ2n) is 6.58. The van der Waals surface area contributed by atoms with E-state index >= 15 is 0 Å². The second kappa shape index (κ2) is 5.48. The number of hydrogen-bond donors (Lipinski definition) is 1. The fraction of sp³-hybridized carbons (Fsp3) is 0.647. The first-order valence-electron chi connectivity index (χ1n) is 7.92. The Bertz CT molecular complexity index is 518. The Hall–Kier alpha value is -1.29. The van der Waals surface area contributed by atoms with Gasteiger partial charge in [-0.05, 0) is 44.2 Å². The van der Waals surface area contributed by atoms with Crippen LogP contribution < -0.4 is 15.0 Å². The van der Waals surface area contributed by atoms with E-state index in [1.807, 2.05) is 12.1 Å². The summed E-state index contributed by atoms with van der Waals surface area (Å²) in [6, 6.07) is 5.67. The standard InChI is InChI=1S/C17H25FN2O/c1-4-13-10-19-17(2,12-5-6-12)11-20(13)14-7-8-15(18)16(9-14)21-3/h7-9,12-13,19H,4-6,10-11H2,1-3H3. The van der Waals surface area contributed by atoms with Crippen LogP contribution in [0.15, 0.2) is 18.2 Å². The highest BCUT2D eigenvalue weighted by molar-refractivity contribution is 5.53. The predicted molar refractivity (Wildman–Crippen MR) is 83.5 cm³/mol. The Morgan fingerprint density at radius 3 is 2.81 bits per heavy atom. The minimum Gasteiger partial charge on any atom is -0.494 e. The van der Waals surface area contributed by atoms with Gasteiger partial charge in [-0.2, -0.15) is 0 Å². The number of benzene rings is 1. The molecule has 0 bridgehead atoms. The molecule has 2 fully saturated rings. The van der Waals surface area contributed by atoms with Crippen molar-refractivity contribution in [2.45, 2.75) is 44.7 Å². The lowest BCUT2D eigenvalue weighted by Crippen LogP contribution is -2.64. The summed E-state index contributed by atoms with van der Waals surface area (Å²) in [6.45, 7) is 6.50. The Labute approximate surface area is 126 Å². The van der Waals surface area contributed by atoms with E-state index in [0.29, 0.717) is 11.8 Å². The monoisotopic (exact) mass is 292 g/mol. The summed E-state index contributed by atoms with van der Waals surface area (Å²) in [5.41, 5.74) is 1.24. The van der Waals surface area contributed by atoms with E-state index in [-0.39, 0.29) is 11.4 Å². The molecule has 1 aliphatic carbocycles. The summed E-state index contributed by atoms with van der Waals surface area (Å²) in [4.78, 5) is 2.43. The molecule has 1 saturated carbocycles. The first kappa shape index (κ1) is 14.6. The van der Waals surface area contributed by atoms with E-state index < -0.39 is 0 Å². The zero-order valence-corrected chi connectivity index (χ0v) is 13.2. The summed E-state index contributed by atoms with van der Waals surface area (Å²) in [5.74, 6) is 0.809. The van der Waals surface area contributed by atoms with Crippen LogP contribution in [0, 0.1) is 11.7 Å². The fourth-order valence-corrected chi connectivity index (χ4v) is 3.49. The number of halogens is 1. The molecule has 2 unspecified atom stereocenters. The normalized spacial score (nSPS) is 29.5. The van der Waals surface area contributed by atoms with Gasteiger partial charge in [-0.25, -0.2) is 4.39 Å². The van der Waals surface area contributed by atoms with Crippen LogP contribution in [0.1, 0.15) is 33.1 Å². The second-order valence-corrected chi connectivity index (χ2v) is 6.58. The lowest BCUT2D eigenvalue weighted by atomic mass is 9.90. The summed E-state index contributed by atoms with van der Waals surface area (Å²) in [7, 11) is 1.52. The number of rotatable bonds is 4. The lowest BCUT2D eigenvalue weighted by molar-refractivity contribution is 0.252. The number of methoxy groups -OCH3 is 1. The van der Waals surface area contributed by atoms with Crippen LogP contribution in [0.25, 0.3) is 0 Å². The van der Waals surface area contributed by atoms with Gasteiger partial charge in [0.2, 0.25) is 0 Å². The largest absolute Gasteiger partial charge is 0.494 e. The first-order chi connectivity index (χ1) is 10.1.